The van der Waals surface area contributed by atoms with Crippen molar-refractivity contribution < 1.29 is 0 Å². The topological polar surface area (TPSA) is 62.5 Å². The van der Waals surface area contributed by atoms with Crippen LogP contribution in [0.3, 0.4) is 0 Å². The van der Waals surface area contributed by atoms with Crippen molar-refractivity contribution >= 4 is 23.3 Å². The number of aliphatic imine (C=N–C) groups is 2. The molecule has 3 heterocycles. The van der Waals surface area contributed by atoms with Crippen LogP contribution >= 0.6 is 0 Å². The molecule has 29 heavy (non-hydrogen) atoms. The van der Waals surface area contributed by atoms with E-state index < -0.39 is 0 Å². The average molecular weight is 375 g/mol. The Balaban J connectivity index is 1.50. The molecule has 0 radical (unpaired) electrons. The van der Waals surface area contributed by atoms with Crippen LogP contribution in [0, 0.1) is 0 Å². The maximum atomic E-state index is 4.74. The van der Waals surface area contributed by atoms with Gasteiger partial charge in [-0.3, -0.25) is 0 Å². The fourth-order valence-electron chi connectivity index (χ4n) is 3.22. The van der Waals surface area contributed by atoms with Crippen molar-refractivity contribution in [3.8, 4) is 11.3 Å². The number of hydrogen-bond acceptors (Lipinski definition) is 4. The van der Waals surface area contributed by atoms with Crippen LogP contribution in [0.4, 0.5) is 11.6 Å². The van der Waals surface area contributed by atoms with Gasteiger partial charge in [0.2, 0.25) is 0 Å². The SMILES string of the molecule is c1ccc(-c2cccc(NC3=NC(=Nc4ccccn4)c4ccccc43)n2)cc1. The van der Waals surface area contributed by atoms with Gasteiger partial charge in [0.1, 0.15) is 11.7 Å². The first-order valence-corrected chi connectivity index (χ1v) is 9.34. The van der Waals surface area contributed by atoms with Crippen LogP contribution < -0.4 is 5.32 Å². The molecule has 5 heteroatoms. The van der Waals surface area contributed by atoms with Gasteiger partial charge < -0.3 is 5.32 Å². The Labute approximate surface area is 168 Å². The molecular formula is C24H17N5. The van der Waals surface area contributed by atoms with Gasteiger partial charge in [0, 0.05) is 22.9 Å². The average Bonchev–Trinajstić information content (AvgIpc) is 3.12. The summed E-state index contributed by atoms with van der Waals surface area (Å²) in [6.45, 7) is 0. The van der Waals surface area contributed by atoms with E-state index in [-0.39, 0.29) is 0 Å². The highest BCUT2D eigenvalue weighted by Crippen LogP contribution is 2.24. The third-order valence-electron chi connectivity index (χ3n) is 4.58. The summed E-state index contributed by atoms with van der Waals surface area (Å²) in [7, 11) is 0. The van der Waals surface area contributed by atoms with E-state index in [1.54, 1.807) is 6.20 Å². The van der Waals surface area contributed by atoms with Crippen molar-refractivity contribution in [2.75, 3.05) is 5.32 Å². The molecule has 0 aliphatic carbocycles. The lowest BCUT2D eigenvalue weighted by molar-refractivity contribution is 1.27. The van der Waals surface area contributed by atoms with E-state index in [0.29, 0.717) is 11.7 Å². The van der Waals surface area contributed by atoms with Gasteiger partial charge in [-0.15, -0.1) is 0 Å². The molecule has 0 saturated heterocycles. The van der Waals surface area contributed by atoms with Crippen molar-refractivity contribution in [2.24, 2.45) is 9.98 Å². The molecular weight excluding hydrogens is 358 g/mol. The first-order valence-electron chi connectivity index (χ1n) is 9.34. The molecule has 0 bridgehead atoms. The zero-order valence-corrected chi connectivity index (χ0v) is 15.5. The number of benzene rings is 2. The molecule has 1 aliphatic rings. The van der Waals surface area contributed by atoms with Crippen molar-refractivity contribution in [1.29, 1.82) is 0 Å². The number of rotatable bonds is 3. The zero-order valence-electron chi connectivity index (χ0n) is 15.5. The Morgan fingerprint density at radius 1 is 0.690 bits per heavy atom. The number of fused-ring (bicyclic) bond motifs is 1. The van der Waals surface area contributed by atoms with E-state index in [2.05, 4.69) is 15.3 Å². The first-order chi connectivity index (χ1) is 14.4. The van der Waals surface area contributed by atoms with Crippen molar-refractivity contribution in [3.63, 3.8) is 0 Å². The van der Waals surface area contributed by atoms with Gasteiger partial charge in [0.05, 0.1) is 5.69 Å². The summed E-state index contributed by atoms with van der Waals surface area (Å²) in [4.78, 5) is 18.4. The molecule has 0 amide bonds. The fourth-order valence-corrected chi connectivity index (χ4v) is 3.22. The lowest BCUT2D eigenvalue weighted by Crippen LogP contribution is -2.12. The third kappa shape index (κ3) is 3.53. The number of nitrogens with one attached hydrogen (secondary N) is 1. The third-order valence-corrected chi connectivity index (χ3v) is 4.58. The Kier molecular flexibility index (Phi) is 4.39. The molecule has 1 N–H and O–H groups in total. The van der Waals surface area contributed by atoms with Gasteiger partial charge in [-0.25, -0.2) is 20.0 Å². The first kappa shape index (κ1) is 17.0. The summed E-state index contributed by atoms with van der Waals surface area (Å²) in [6.07, 6.45) is 1.72. The summed E-state index contributed by atoms with van der Waals surface area (Å²) in [5, 5.41) is 3.36. The van der Waals surface area contributed by atoms with Gasteiger partial charge in [0.25, 0.3) is 0 Å². The van der Waals surface area contributed by atoms with Crippen LogP contribution in [-0.2, 0) is 0 Å². The highest BCUT2D eigenvalue weighted by Gasteiger charge is 2.22. The van der Waals surface area contributed by atoms with E-state index in [1.807, 2.05) is 91.0 Å². The Bertz CT molecular complexity index is 1210. The van der Waals surface area contributed by atoms with E-state index in [0.717, 1.165) is 34.0 Å². The summed E-state index contributed by atoms with van der Waals surface area (Å²) >= 11 is 0. The maximum Gasteiger partial charge on any atom is 0.164 e. The summed E-state index contributed by atoms with van der Waals surface area (Å²) in [5.41, 5.74) is 3.95. The smallest absolute Gasteiger partial charge is 0.164 e. The second-order valence-corrected chi connectivity index (χ2v) is 6.53. The lowest BCUT2D eigenvalue weighted by Gasteiger charge is -2.08. The summed E-state index contributed by atoms with van der Waals surface area (Å²) < 4.78 is 0. The largest absolute Gasteiger partial charge is 0.324 e. The highest BCUT2D eigenvalue weighted by molar-refractivity contribution is 6.26. The molecule has 0 spiro atoms. The lowest BCUT2D eigenvalue weighted by atomic mass is 10.1. The molecule has 0 unspecified atom stereocenters. The van der Waals surface area contributed by atoms with Crippen molar-refractivity contribution in [2.45, 2.75) is 0 Å². The Morgan fingerprint density at radius 2 is 1.48 bits per heavy atom. The van der Waals surface area contributed by atoms with Crippen LogP contribution in [-0.4, -0.2) is 21.6 Å². The molecule has 4 aromatic rings. The number of amidine groups is 2. The van der Waals surface area contributed by atoms with E-state index in [1.165, 1.54) is 0 Å². The second kappa shape index (κ2) is 7.48. The van der Waals surface area contributed by atoms with Crippen LogP contribution in [0.25, 0.3) is 11.3 Å². The molecule has 0 atom stereocenters. The molecule has 138 valence electrons. The summed E-state index contributed by atoms with van der Waals surface area (Å²) in [6, 6.07) is 29.7. The van der Waals surface area contributed by atoms with Gasteiger partial charge in [0.15, 0.2) is 11.7 Å². The summed E-state index contributed by atoms with van der Waals surface area (Å²) in [5.74, 6) is 2.74. The minimum atomic E-state index is 0.631. The molecule has 1 aliphatic heterocycles. The monoisotopic (exact) mass is 375 g/mol. The van der Waals surface area contributed by atoms with Gasteiger partial charge in [-0.2, -0.15) is 0 Å². The normalized spacial score (nSPS) is 13.8. The van der Waals surface area contributed by atoms with Crippen molar-refractivity contribution in [1.82, 2.24) is 9.97 Å². The number of aromatic nitrogens is 2. The van der Waals surface area contributed by atoms with Crippen LogP contribution in [0.2, 0.25) is 0 Å². The Hall–Kier alpha value is -4.12. The maximum absolute atomic E-state index is 4.74. The molecule has 2 aromatic heterocycles. The van der Waals surface area contributed by atoms with Gasteiger partial charge in [-0.1, -0.05) is 66.7 Å². The molecule has 5 rings (SSSR count). The Morgan fingerprint density at radius 3 is 2.31 bits per heavy atom. The van der Waals surface area contributed by atoms with Crippen LogP contribution in [0.1, 0.15) is 11.1 Å². The van der Waals surface area contributed by atoms with Crippen molar-refractivity contribution in [3.05, 3.63) is 108 Å². The number of nitrogens with zero attached hydrogens (tertiary/aromatic N) is 4. The van der Waals surface area contributed by atoms with E-state index in [9.17, 15) is 0 Å². The van der Waals surface area contributed by atoms with Gasteiger partial charge in [-0.05, 0) is 24.3 Å². The second-order valence-electron chi connectivity index (χ2n) is 6.53. The van der Waals surface area contributed by atoms with E-state index in [4.69, 9.17) is 9.98 Å². The fraction of sp³-hybridized carbons (Fsp3) is 0. The van der Waals surface area contributed by atoms with Gasteiger partial charge >= 0.3 is 0 Å². The van der Waals surface area contributed by atoms with Crippen LogP contribution in [0.15, 0.2) is 107 Å². The number of pyridine rings is 2. The quantitative estimate of drug-likeness (QED) is 0.542. The zero-order chi connectivity index (χ0) is 19.5. The minimum Gasteiger partial charge on any atom is -0.324 e. The van der Waals surface area contributed by atoms with Crippen LogP contribution in [0.5, 0.6) is 0 Å². The standard InChI is InChI=1S/C24H17N5/c1-2-9-17(10-3-1)20-13-8-15-22(26-20)28-24-19-12-5-4-11-18(19)23(29-24)27-21-14-6-7-16-25-21/h1-16H,(H,25,26,27,28,29). The molecule has 2 aromatic carbocycles. The molecule has 0 fully saturated rings. The predicted octanol–water partition coefficient (Wildman–Crippen LogP) is 5.09. The number of hydrogen-bond donors (Lipinski definition) is 1. The minimum absolute atomic E-state index is 0.631. The number of anilines is 1. The highest BCUT2D eigenvalue weighted by atomic mass is 15.1. The molecule has 0 saturated carbocycles. The molecule has 5 nitrogen and oxygen atoms in total. The van der Waals surface area contributed by atoms with E-state index >= 15 is 0 Å². The predicted molar refractivity (Wildman–Crippen MR) is 117 cm³/mol.